The molecule has 1 unspecified atom stereocenters. The van der Waals surface area contributed by atoms with E-state index < -0.39 is 0 Å². The lowest BCUT2D eigenvalue weighted by Crippen LogP contribution is -2.02. The van der Waals surface area contributed by atoms with Crippen molar-refractivity contribution in [1.29, 1.82) is 0 Å². The fourth-order valence-corrected chi connectivity index (χ4v) is 2.20. The molecule has 0 aromatic rings. The van der Waals surface area contributed by atoms with Gasteiger partial charge in [0, 0.05) is 5.25 Å². The van der Waals surface area contributed by atoms with Gasteiger partial charge in [0.15, 0.2) is 0 Å². The highest BCUT2D eigenvalue weighted by Gasteiger charge is 2.11. The van der Waals surface area contributed by atoms with Crippen molar-refractivity contribution in [2.24, 2.45) is 0 Å². The molecule has 0 aromatic carbocycles. The highest BCUT2D eigenvalue weighted by molar-refractivity contribution is 8.03. The first-order valence-corrected chi connectivity index (χ1v) is 4.41. The summed E-state index contributed by atoms with van der Waals surface area (Å²) in [6.45, 7) is 6.78. The molecule has 0 aliphatic carbocycles. The van der Waals surface area contributed by atoms with Crippen molar-refractivity contribution >= 4 is 11.8 Å². The van der Waals surface area contributed by atoms with Gasteiger partial charge in [-0.2, -0.15) is 0 Å². The van der Waals surface area contributed by atoms with E-state index in [1.807, 2.05) is 11.8 Å². The average molecular weight is 142 g/mol. The van der Waals surface area contributed by atoms with Gasteiger partial charge in [-0.25, -0.2) is 0 Å². The predicted molar refractivity (Wildman–Crippen MR) is 44.7 cm³/mol. The minimum atomic E-state index is 0.855. The largest absolute Gasteiger partial charge is 0.128 e. The Bertz CT molecular complexity index is 136. The maximum absolute atomic E-state index is 2.31. The van der Waals surface area contributed by atoms with Crippen LogP contribution in [0.1, 0.15) is 33.6 Å². The van der Waals surface area contributed by atoms with E-state index in [0.29, 0.717) is 0 Å². The second-order valence-corrected chi connectivity index (χ2v) is 4.46. The van der Waals surface area contributed by atoms with E-state index in [1.54, 1.807) is 10.5 Å². The van der Waals surface area contributed by atoms with Crippen molar-refractivity contribution in [3.63, 3.8) is 0 Å². The topological polar surface area (TPSA) is 0 Å². The van der Waals surface area contributed by atoms with E-state index in [1.165, 1.54) is 12.8 Å². The van der Waals surface area contributed by atoms with Gasteiger partial charge in [-0.15, -0.1) is 11.8 Å². The van der Waals surface area contributed by atoms with Crippen LogP contribution in [0.2, 0.25) is 0 Å². The summed E-state index contributed by atoms with van der Waals surface area (Å²) in [6, 6.07) is 0. The Kier molecular flexibility index (Phi) is 2.23. The number of thioether (sulfide) groups is 1. The molecular formula is C8H14S. The molecule has 0 bridgehead atoms. The number of rotatable bonds is 0. The average Bonchev–Trinajstić information content (AvgIpc) is 1.80. The van der Waals surface area contributed by atoms with Crippen molar-refractivity contribution in [3.8, 4) is 0 Å². The van der Waals surface area contributed by atoms with Crippen LogP contribution in [-0.2, 0) is 0 Å². The van der Waals surface area contributed by atoms with Crippen LogP contribution in [0, 0.1) is 0 Å². The number of allylic oxidation sites excluding steroid dienone is 2. The lowest BCUT2D eigenvalue weighted by Gasteiger charge is -2.19. The van der Waals surface area contributed by atoms with Crippen LogP contribution in [0.4, 0.5) is 0 Å². The molecule has 0 spiro atoms. The zero-order valence-electron chi connectivity index (χ0n) is 6.40. The van der Waals surface area contributed by atoms with E-state index in [4.69, 9.17) is 0 Å². The third-order valence-corrected chi connectivity index (χ3v) is 3.24. The first-order valence-electron chi connectivity index (χ1n) is 3.53. The normalized spacial score (nSPS) is 29.0. The SMILES string of the molecule is CC1=C(C)SC(C)CC1. The molecule has 0 radical (unpaired) electrons. The Morgan fingerprint density at radius 1 is 1.44 bits per heavy atom. The maximum atomic E-state index is 2.31. The second-order valence-electron chi connectivity index (χ2n) is 2.80. The molecule has 1 rings (SSSR count). The molecule has 0 saturated heterocycles. The molecule has 1 heterocycles. The van der Waals surface area contributed by atoms with Gasteiger partial charge in [-0.3, -0.25) is 0 Å². The lowest BCUT2D eigenvalue weighted by atomic mass is 10.1. The fourth-order valence-electron chi connectivity index (χ4n) is 1.06. The first kappa shape index (κ1) is 7.20. The standard InChI is InChI=1S/C8H14S/c1-6-4-5-7(2)9-8(6)3/h7H,4-5H2,1-3H3. The van der Waals surface area contributed by atoms with Crippen LogP contribution in [-0.4, -0.2) is 5.25 Å². The third-order valence-electron chi connectivity index (χ3n) is 1.90. The van der Waals surface area contributed by atoms with Gasteiger partial charge >= 0.3 is 0 Å². The minimum absolute atomic E-state index is 0.855. The summed E-state index contributed by atoms with van der Waals surface area (Å²) < 4.78 is 0. The van der Waals surface area contributed by atoms with Crippen molar-refractivity contribution in [3.05, 3.63) is 10.5 Å². The summed E-state index contributed by atoms with van der Waals surface area (Å²) in [7, 11) is 0. The maximum Gasteiger partial charge on any atom is 0.00657 e. The van der Waals surface area contributed by atoms with Crippen LogP contribution in [0.5, 0.6) is 0 Å². The van der Waals surface area contributed by atoms with Crippen LogP contribution in [0.15, 0.2) is 10.5 Å². The smallest absolute Gasteiger partial charge is 0.00657 e. The molecule has 0 fully saturated rings. The van der Waals surface area contributed by atoms with Gasteiger partial charge in [-0.1, -0.05) is 12.5 Å². The van der Waals surface area contributed by atoms with Gasteiger partial charge in [0.1, 0.15) is 0 Å². The molecule has 0 aromatic heterocycles. The van der Waals surface area contributed by atoms with Crippen LogP contribution < -0.4 is 0 Å². The summed E-state index contributed by atoms with van der Waals surface area (Å²) in [5.74, 6) is 0. The highest BCUT2D eigenvalue weighted by atomic mass is 32.2. The van der Waals surface area contributed by atoms with Gasteiger partial charge in [0.25, 0.3) is 0 Å². The summed E-state index contributed by atoms with van der Waals surface area (Å²) in [5, 5.41) is 0.855. The Balaban J connectivity index is 2.61. The monoisotopic (exact) mass is 142 g/mol. The highest BCUT2D eigenvalue weighted by Crippen LogP contribution is 2.33. The lowest BCUT2D eigenvalue weighted by molar-refractivity contribution is 0.789. The molecule has 9 heavy (non-hydrogen) atoms. The van der Waals surface area contributed by atoms with Crippen molar-refractivity contribution in [2.45, 2.75) is 38.9 Å². The zero-order valence-corrected chi connectivity index (χ0v) is 7.22. The van der Waals surface area contributed by atoms with Gasteiger partial charge in [0.2, 0.25) is 0 Å². The van der Waals surface area contributed by atoms with Crippen LogP contribution >= 0.6 is 11.8 Å². The molecule has 1 heteroatoms. The molecule has 0 amide bonds. The Hall–Kier alpha value is 0.0900. The van der Waals surface area contributed by atoms with Crippen molar-refractivity contribution < 1.29 is 0 Å². The predicted octanol–water partition coefficient (Wildman–Crippen LogP) is 3.20. The van der Waals surface area contributed by atoms with Crippen LogP contribution in [0.25, 0.3) is 0 Å². The zero-order chi connectivity index (χ0) is 6.85. The van der Waals surface area contributed by atoms with E-state index in [-0.39, 0.29) is 0 Å². The molecular weight excluding hydrogens is 128 g/mol. The van der Waals surface area contributed by atoms with E-state index in [0.717, 1.165) is 5.25 Å². The molecule has 0 saturated carbocycles. The molecule has 0 nitrogen and oxygen atoms in total. The fraction of sp³-hybridized carbons (Fsp3) is 0.750. The summed E-state index contributed by atoms with van der Waals surface area (Å²) >= 11 is 2.03. The van der Waals surface area contributed by atoms with Gasteiger partial charge in [-0.05, 0) is 31.6 Å². The molecule has 0 N–H and O–H groups in total. The number of hydrogen-bond acceptors (Lipinski definition) is 1. The molecule has 1 aliphatic rings. The minimum Gasteiger partial charge on any atom is -0.128 e. The molecule has 1 aliphatic heterocycles. The van der Waals surface area contributed by atoms with E-state index in [2.05, 4.69) is 20.8 Å². The third kappa shape index (κ3) is 1.75. The van der Waals surface area contributed by atoms with E-state index >= 15 is 0 Å². The second kappa shape index (κ2) is 2.78. The van der Waals surface area contributed by atoms with Gasteiger partial charge in [0.05, 0.1) is 0 Å². The summed E-state index contributed by atoms with van der Waals surface area (Å²) in [5.41, 5.74) is 1.60. The summed E-state index contributed by atoms with van der Waals surface area (Å²) in [4.78, 5) is 1.55. The molecule has 1 atom stereocenters. The van der Waals surface area contributed by atoms with E-state index in [9.17, 15) is 0 Å². The Morgan fingerprint density at radius 3 is 2.56 bits per heavy atom. The Labute approximate surface area is 61.7 Å². The quantitative estimate of drug-likeness (QED) is 0.500. The Morgan fingerprint density at radius 2 is 2.11 bits per heavy atom. The number of hydrogen-bond donors (Lipinski definition) is 0. The van der Waals surface area contributed by atoms with Crippen molar-refractivity contribution in [2.75, 3.05) is 0 Å². The van der Waals surface area contributed by atoms with Gasteiger partial charge < -0.3 is 0 Å². The van der Waals surface area contributed by atoms with Crippen LogP contribution in [0.3, 0.4) is 0 Å². The summed E-state index contributed by atoms with van der Waals surface area (Å²) in [6.07, 6.45) is 2.69. The first-order chi connectivity index (χ1) is 4.20. The molecule has 52 valence electrons. The van der Waals surface area contributed by atoms with Crippen molar-refractivity contribution in [1.82, 2.24) is 0 Å².